The lowest BCUT2D eigenvalue weighted by Gasteiger charge is -2.27. The van der Waals surface area contributed by atoms with Gasteiger partial charge in [-0.25, -0.2) is 0 Å². The van der Waals surface area contributed by atoms with E-state index in [2.05, 4.69) is 19.2 Å². The van der Waals surface area contributed by atoms with Gasteiger partial charge in [0.2, 0.25) is 0 Å². The Morgan fingerprint density at radius 2 is 2.18 bits per heavy atom. The van der Waals surface area contributed by atoms with E-state index in [0.717, 1.165) is 0 Å². The predicted molar refractivity (Wildman–Crippen MR) is 47.6 cm³/mol. The van der Waals surface area contributed by atoms with Crippen LogP contribution in [0.3, 0.4) is 0 Å². The second-order valence-electron chi connectivity index (χ2n) is 3.84. The molecule has 0 aromatic heterocycles. The molecule has 1 aliphatic carbocycles. The molecule has 62 valence electrons. The molecule has 1 saturated carbocycles. The van der Waals surface area contributed by atoms with Crippen LogP contribution in [0.4, 0.5) is 0 Å². The van der Waals surface area contributed by atoms with E-state index in [4.69, 9.17) is 0 Å². The fraction of sp³-hybridized carbons (Fsp3) is 0.800. The molecule has 1 heterocycles. The summed E-state index contributed by atoms with van der Waals surface area (Å²) in [6.07, 6.45) is 5.30. The van der Waals surface area contributed by atoms with Gasteiger partial charge in [-0.05, 0) is 39.2 Å². The SMILES string of the molecule is CCC1=C(C)C2(CC2)NCC1. The first-order valence-electron chi connectivity index (χ1n) is 4.72. The van der Waals surface area contributed by atoms with Crippen molar-refractivity contribution in [2.45, 2.75) is 45.1 Å². The Balaban J connectivity index is 2.26. The molecule has 1 nitrogen and oxygen atoms in total. The first-order chi connectivity index (χ1) is 5.28. The summed E-state index contributed by atoms with van der Waals surface area (Å²) in [6, 6.07) is 0. The standard InChI is InChI=1S/C10H17N/c1-3-9-4-7-11-10(5-6-10)8(9)2/h11H,3-7H2,1-2H3. The highest BCUT2D eigenvalue weighted by atomic mass is 15.0. The third kappa shape index (κ3) is 1.02. The smallest absolute Gasteiger partial charge is 0.0395 e. The maximum absolute atomic E-state index is 3.63. The van der Waals surface area contributed by atoms with Crippen LogP contribution in [0, 0.1) is 0 Å². The summed E-state index contributed by atoms with van der Waals surface area (Å²) in [5.41, 5.74) is 3.86. The first kappa shape index (κ1) is 7.35. The Morgan fingerprint density at radius 1 is 1.45 bits per heavy atom. The fourth-order valence-corrected chi connectivity index (χ4v) is 2.23. The molecule has 1 N–H and O–H groups in total. The average molecular weight is 151 g/mol. The molecule has 0 saturated heterocycles. The molecule has 11 heavy (non-hydrogen) atoms. The molecule has 0 atom stereocenters. The summed E-state index contributed by atoms with van der Waals surface area (Å²) in [6.45, 7) is 5.80. The molecular weight excluding hydrogens is 134 g/mol. The summed E-state index contributed by atoms with van der Waals surface area (Å²) in [5, 5.41) is 3.63. The van der Waals surface area contributed by atoms with Gasteiger partial charge in [0, 0.05) is 5.54 Å². The molecule has 1 aliphatic heterocycles. The Kier molecular flexibility index (Phi) is 1.57. The largest absolute Gasteiger partial charge is 0.307 e. The zero-order valence-corrected chi connectivity index (χ0v) is 7.54. The van der Waals surface area contributed by atoms with Gasteiger partial charge < -0.3 is 5.32 Å². The molecule has 2 rings (SSSR count). The van der Waals surface area contributed by atoms with Gasteiger partial charge in [-0.2, -0.15) is 0 Å². The molecule has 2 aliphatic rings. The van der Waals surface area contributed by atoms with Crippen LogP contribution in [0.15, 0.2) is 11.1 Å². The zero-order valence-electron chi connectivity index (χ0n) is 7.54. The van der Waals surface area contributed by atoms with Crippen molar-refractivity contribution < 1.29 is 0 Å². The first-order valence-corrected chi connectivity index (χ1v) is 4.72. The van der Waals surface area contributed by atoms with E-state index in [1.807, 2.05) is 0 Å². The Labute approximate surface area is 68.9 Å². The van der Waals surface area contributed by atoms with Crippen LogP contribution in [-0.4, -0.2) is 12.1 Å². The van der Waals surface area contributed by atoms with Crippen LogP contribution in [0.5, 0.6) is 0 Å². The zero-order chi connectivity index (χ0) is 7.90. The number of hydrogen-bond acceptors (Lipinski definition) is 1. The van der Waals surface area contributed by atoms with Crippen molar-refractivity contribution in [1.29, 1.82) is 0 Å². The highest BCUT2D eigenvalue weighted by Gasteiger charge is 2.45. The van der Waals surface area contributed by atoms with Crippen molar-refractivity contribution >= 4 is 0 Å². The number of hydrogen-bond donors (Lipinski definition) is 1. The minimum atomic E-state index is 0.490. The molecule has 1 heteroatoms. The maximum atomic E-state index is 3.63. The van der Waals surface area contributed by atoms with Gasteiger partial charge in [-0.15, -0.1) is 0 Å². The molecule has 0 unspecified atom stereocenters. The number of rotatable bonds is 1. The number of nitrogens with one attached hydrogen (secondary N) is 1. The molecule has 1 spiro atoms. The average Bonchev–Trinajstić information content (AvgIpc) is 2.77. The summed E-state index contributed by atoms with van der Waals surface area (Å²) in [4.78, 5) is 0. The van der Waals surface area contributed by atoms with Crippen LogP contribution in [0.25, 0.3) is 0 Å². The van der Waals surface area contributed by atoms with E-state index >= 15 is 0 Å². The van der Waals surface area contributed by atoms with Gasteiger partial charge in [-0.3, -0.25) is 0 Å². The molecule has 0 radical (unpaired) electrons. The summed E-state index contributed by atoms with van der Waals surface area (Å²) in [5.74, 6) is 0. The van der Waals surface area contributed by atoms with E-state index < -0.39 is 0 Å². The van der Waals surface area contributed by atoms with E-state index in [9.17, 15) is 0 Å². The van der Waals surface area contributed by atoms with Crippen LogP contribution >= 0.6 is 0 Å². The lowest BCUT2D eigenvalue weighted by atomic mass is 9.92. The third-order valence-electron chi connectivity index (χ3n) is 3.32. The highest BCUT2D eigenvalue weighted by Crippen LogP contribution is 2.45. The van der Waals surface area contributed by atoms with E-state index in [0.29, 0.717) is 5.54 Å². The normalized spacial score (nSPS) is 27.8. The topological polar surface area (TPSA) is 12.0 Å². The Hall–Kier alpha value is -0.300. The van der Waals surface area contributed by atoms with Gasteiger partial charge >= 0.3 is 0 Å². The van der Waals surface area contributed by atoms with Crippen molar-refractivity contribution in [2.24, 2.45) is 0 Å². The van der Waals surface area contributed by atoms with E-state index in [1.165, 1.54) is 32.2 Å². The predicted octanol–water partition coefficient (Wildman–Crippen LogP) is 2.24. The van der Waals surface area contributed by atoms with E-state index in [1.54, 1.807) is 11.1 Å². The Bertz CT molecular complexity index is 199. The fourth-order valence-electron chi connectivity index (χ4n) is 2.23. The van der Waals surface area contributed by atoms with Crippen LogP contribution < -0.4 is 5.32 Å². The maximum Gasteiger partial charge on any atom is 0.0395 e. The molecule has 0 bridgehead atoms. The van der Waals surface area contributed by atoms with Crippen molar-refractivity contribution in [3.63, 3.8) is 0 Å². The minimum Gasteiger partial charge on any atom is -0.307 e. The monoisotopic (exact) mass is 151 g/mol. The van der Waals surface area contributed by atoms with Gasteiger partial charge in [0.1, 0.15) is 0 Å². The quantitative estimate of drug-likeness (QED) is 0.567. The third-order valence-corrected chi connectivity index (χ3v) is 3.32. The second kappa shape index (κ2) is 2.34. The van der Waals surface area contributed by atoms with Crippen molar-refractivity contribution in [3.8, 4) is 0 Å². The summed E-state index contributed by atoms with van der Waals surface area (Å²) in [7, 11) is 0. The highest BCUT2D eigenvalue weighted by molar-refractivity contribution is 5.33. The van der Waals surface area contributed by atoms with Crippen LogP contribution in [0.1, 0.15) is 39.5 Å². The molecule has 0 aromatic rings. The lowest BCUT2D eigenvalue weighted by Crippen LogP contribution is -2.37. The molecule has 1 fully saturated rings. The van der Waals surface area contributed by atoms with Crippen molar-refractivity contribution in [3.05, 3.63) is 11.1 Å². The van der Waals surface area contributed by atoms with E-state index in [-0.39, 0.29) is 0 Å². The molecule has 0 aromatic carbocycles. The van der Waals surface area contributed by atoms with Crippen molar-refractivity contribution in [1.82, 2.24) is 5.32 Å². The summed E-state index contributed by atoms with van der Waals surface area (Å²) >= 11 is 0. The van der Waals surface area contributed by atoms with Gasteiger partial charge in [0.25, 0.3) is 0 Å². The second-order valence-corrected chi connectivity index (χ2v) is 3.84. The van der Waals surface area contributed by atoms with Crippen molar-refractivity contribution in [2.75, 3.05) is 6.54 Å². The van der Waals surface area contributed by atoms with Gasteiger partial charge in [-0.1, -0.05) is 18.1 Å². The summed E-state index contributed by atoms with van der Waals surface area (Å²) < 4.78 is 0. The minimum absolute atomic E-state index is 0.490. The van der Waals surface area contributed by atoms with Crippen LogP contribution in [0.2, 0.25) is 0 Å². The van der Waals surface area contributed by atoms with Crippen LogP contribution in [-0.2, 0) is 0 Å². The Morgan fingerprint density at radius 3 is 2.73 bits per heavy atom. The lowest BCUT2D eigenvalue weighted by molar-refractivity contribution is 0.517. The van der Waals surface area contributed by atoms with Gasteiger partial charge in [0.15, 0.2) is 0 Å². The van der Waals surface area contributed by atoms with Gasteiger partial charge in [0.05, 0.1) is 0 Å². The molecular formula is C10H17N. The molecule has 0 amide bonds.